The molecule has 8 nitrogen and oxygen atoms in total. The summed E-state index contributed by atoms with van der Waals surface area (Å²) in [4.78, 5) is 51.6. The number of rotatable bonds is 5. The second kappa shape index (κ2) is 7.38. The van der Waals surface area contributed by atoms with Gasteiger partial charge >= 0.3 is 0 Å². The highest BCUT2D eigenvalue weighted by Gasteiger charge is 2.35. The van der Waals surface area contributed by atoms with Gasteiger partial charge < -0.3 is 15.0 Å². The highest BCUT2D eigenvalue weighted by molar-refractivity contribution is 6.21. The summed E-state index contributed by atoms with van der Waals surface area (Å²) in [6.45, 7) is 2.36. The molecular formula is C21H19N3O5. The Kier molecular flexibility index (Phi) is 4.75. The zero-order chi connectivity index (χ0) is 20.5. The number of imide groups is 1. The first kappa shape index (κ1) is 18.7. The number of nitrogens with one attached hydrogen (secondary N) is 1. The SMILES string of the molecule is CCN1C(=O)COc2cc(NC(=O)CCN3C(=O)c4ccccc4C3=O)ccc21. The van der Waals surface area contributed by atoms with Crippen molar-refractivity contribution in [1.82, 2.24) is 4.90 Å². The maximum absolute atomic E-state index is 12.3. The Labute approximate surface area is 167 Å². The van der Waals surface area contributed by atoms with Gasteiger partial charge in [-0.2, -0.15) is 0 Å². The van der Waals surface area contributed by atoms with Crippen molar-refractivity contribution >= 4 is 35.0 Å². The number of benzene rings is 2. The fourth-order valence-corrected chi connectivity index (χ4v) is 3.51. The van der Waals surface area contributed by atoms with Gasteiger partial charge in [-0.3, -0.25) is 24.1 Å². The third-order valence-corrected chi connectivity index (χ3v) is 4.94. The molecule has 2 aromatic rings. The minimum absolute atomic E-state index is 0.00225. The van der Waals surface area contributed by atoms with Crippen LogP contribution in [-0.2, 0) is 9.59 Å². The van der Waals surface area contributed by atoms with E-state index in [1.807, 2.05) is 6.92 Å². The third-order valence-electron chi connectivity index (χ3n) is 4.94. The predicted octanol–water partition coefficient (Wildman–Crippen LogP) is 2.06. The van der Waals surface area contributed by atoms with Gasteiger partial charge in [-0.1, -0.05) is 12.1 Å². The summed E-state index contributed by atoms with van der Waals surface area (Å²) in [6.07, 6.45) is -0.0248. The predicted molar refractivity (Wildman–Crippen MR) is 105 cm³/mol. The number of carbonyl (C=O) groups excluding carboxylic acids is 4. The van der Waals surface area contributed by atoms with Crippen LogP contribution in [0.15, 0.2) is 42.5 Å². The van der Waals surface area contributed by atoms with Crippen molar-refractivity contribution < 1.29 is 23.9 Å². The highest BCUT2D eigenvalue weighted by atomic mass is 16.5. The molecule has 0 aromatic heterocycles. The number of hydrogen-bond acceptors (Lipinski definition) is 5. The molecule has 2 aromatic carbocycles. The largest absolute Gasteiger partial charge is 0.481 e. The third kappa shape index (κ3) is 3.33. The number of ether oxygens (including phenoxy) is 1. The van der Waals surface area contributed by atoms with E-state index in [0.717, 1.165) is 4.90 Å². The van der Waals surface area contributed by atoms with E-state index in [9.17, 15) is 19.2 Å². The normalized spacial score (nSPS) is 15.1. The van der Waals surface area contributed by atoms with Crippen molar-refractivity contribution in [2.45, 2.75) is 13.3 Å². The van der Waals surface area contributed by atoms with E-state index in [0.29, 0.717) is 34.8 Å². The summed E-state index contributed by atoms with van der Waals surface area (Å²) in [7, 11) is 0. The lowest BCUT2D eigenvalue weighted by Crippen LogP contribution is -2.38. The van der Waals surface area contributed by atoms with E-state index in [1.165, 1.54) is 0 Å². The molecule has 29 heavy (non-hydrogen) atoms. The summed E-state index contributed by atoms with van der Waals surface area (Å²) >= 11 is 0. The molecule has 1 N–H and O–H groups in total. The van der Waals surface area contributed by atoms with Crippen molar-refractivity contribution in [2.75, 3.05) is 29.9 Å². The van der Waals surface area contributed by atoms with Gasteiger partial charge in [0.25, 0.3) is 17.7 Å². The molecule has 0 spiro atoms. The lowest BCUT2D eigenvalue weighted by molar-refractivity contribution is -0.121. The lowest BCUT2D eigenvalue weighted by atomic mass is 10.1. The van der Waals surface area contributed by atoms with Crippen molar-refractivity contribution in [1.29, 1.82) is 0 Å². The molecular weight excluding hydrogens is 374 g/mol. The molecule has 2 aliphatic rings. The molecule has 0 unspecified atom stereocenters. The standard InChI is InChI=1S/C21H19N3O5/c1-2-23-16-8-7-13(11-17(16)29-12-19(23)26)22-18(25)9-10-24-20(27)14-5-3-4-6-15(14)21(24)28/h3-8,11H,2,9-10,12H2,1H3,(H,22,25). The van der Waals surface area contributed by atoms with Crippen LogP contribution >= 0.6 is 0 Å². The van der Waals surface area contributed by atoms with Gasteiger partial charge in [0.2, 0.25) is 5.91 Å². The van der Waals surface area contributed by atoms with Crippen LogP contribution in [0.1, 0.15) is 34.1 Å². The average Bonchev–Trinajstić information content (AvgIpc) is 2.97. The summed E-state index contributed by atoms with van der Waals surface area (Å²) in [5, 5.41) is 2.74. The Balaban J connectivity index is 1.39. The fourth-order valence-electron chi connectivity index (χ4n) is 3.51. The van der Waals surface area contributed by atoms with Crippen molar-refractivity contribution in [2.24, 2.45) is 0 Å². The summed E-state index contributed by atoms with van der Waals surface area (Å²) in [5.74, 6) is -0.696. The minimum atomic E-state index is -0.384. The van der Waals surface area contributed by atoms with Gasteiger partial charge in [-0.15, -0.1) is 0 Å². The Morgan fingerprint density at radius 1 is 1.03 bits per heavy atom. The average molecular weight is 393 g/mol. The lowest BCUT2D eigenvalue weighted by Gasteiger charge is -2.28. The van der Waals surface area contributed by atoms with Crippen LogP contribution in [0.4, 0.5) is 11.4 Å². The molecule has 0 fully saturated rings. The molecule has 4 amide bonds. The van der Waals surface area contributed by atoms with Crippen LogP contribution in [0.25, 0.3) is 0 Å². The van der Waals surface area contributed by atoms with E-state index in [1.54, 1.807) is 47.4 Å². The second-order valence-corrected chi connectivity index (χ2v) is 6.71. The number of likely N-dealkylation sites (N-methyl/N-ethyl adjacent to an activating group) is 1. The Morgan fingerprint density at radius 3 is 2.38 bits per heavy atom. The Hall–Kier alpha value is -3.68. The smallest absolute Gasteiger partial charge is 0.265 e. The topological polar surface area (TPSA) is 96.0 Å². The van der Waals surface area contributed by atoms with Crippen molar-refractivity contribution in [3.05, 3.63) is 53.6 Å². The quantitative estimate of drug-likeness (QED) is 0.785. The first-order chi connectivity index (χ1) is 14.0. The number of nitrogens with zero attached hydrogens (tertiary/aromatic N) is 2. The van der Waals surface area contributed by atoms with E-state index >= 15 is 0 Å². The van der Waals surface area contributed by atoms with Crippen LogP contribution in [0.3, 0.4) is 0 Å². The molecule has 0 saturated carbocycles. The van der Waals surface area contributed by atoms with Gasteiger partial charge in [0, 0.05) is 31.3 Å². The maximum Gasteiger partial charge on any atom is 0.265 e. The molecule has 0 aliphatic carbocycles. The summed E-state index contributed by atoms with van der Waals surface area (Å²) in [5.41, 5.74) is 1.90. The first-order valence-electron chi connectivity index (χ1n) is 9.32. The molecule has 0 atom stereocenters. The number of hydrogen-bond donors (Lipinski definition) is 1. The van der Waals surface area contributed by atoms with Crippen LogP contribution in [0.5, 0.6) is 5.75 Å². The van der Waals surface area contributed by atoms with Gasteiger partial charge in [0.1, 0.15) is 5.75 Å². The number of fused-ring (bicyclic) bond motifs is 2. The van der Waals surface area contributed by atoms with Crippen molar-refractivity contribution in [3.8, 4) is 5.75 Å². The molecule has 0 radical (unpaired) electrons. The zero-order valence-electron chi connectivity index (χ0n) is 15.8. The number of amides is 4. The number of carbonyl (C=O) groups is 4. The second-order valence-electron chi connectivity index (χ2n) is 6.71. The Morgan fingerprint density at radius 2 is 1.72 bits per heavy atom. The monoisotopic (exact) mass is 393 g/mol. The molecule has 8 heteroatoms. The van der Waals surface area contributed by atoms with Crippen LogP contribution in [0.2, 0.25) is 0 Å². The molecule has 148 valence electrons. The van der Waals surface area contributed by atoms with Gasteiger partial charge in [0.05, 0.1) is 16.8 Å². The van der Waals surface area contributed by atoms with Crippen LogP contribution < -0.4 is 15.0 Å². The molecule has 2 heterocycles. The van der Waals surface area contributed by atoms with Gasteiger partial charge in [-0.25, -0.2) is 0 Å². The number of anilines is 2. The van der Waals surface area contributed by atoms with E-state index < -0.39 is 0 Å². The summed E-state index contributed by atoms with van der Waals surface area (Å²) < 4.78 is 5.46. The van der Waals surface area contributed by atoms with E-state index in [2.05, 4.69) is 5.32 Å². The van der Waals surface area contributed by atoms with Gasteiger partial charge in [-0.05, 0) is 31.2 Å². The minimum Gasteiger partial charge on any atom is -0.481 e. The Bertz CT molecular complexity index is 998. The van der Waals surface area contributed by atoms with Crippen molar-refractivity contribution in [3.63, 3.8) is 0 Å². The van der Waals surface area contributed by atoms with Crippen LogP contribution in [-0.4, -0.2) is 48.2 Å². The van der Waals surface area contributed by atoms with Gasteiger partial charge in [0.15, 0.2) is 6.61 Å². The summed E-state index contributed by atoms with van der Waals surface area (Å²) in [6, 6.07) is 11.7. The zero-order valence-corrected chi connectivity index (χ0v) is 15.8. The molecule has 2 aliphatic heterocycles. The molecule has 0 bridgehead atoms. The van der Waals surface area contributed by atoms with E-state index in [-0.39, 0.29) is 43.2 Å². The van der Waals surface area contributed by atoms with Crippen LogP contribution in [0, 0.1) is 0 Å². The van der Waals surface area contributed by atoms with E-state index in [4.69, 9.17) is 4.74 Å². The molecule has 0 saturated heterocycles. The maximum atomic E-state index is 12.3. The highest BCUT2D eigenvalue weighted by Crippen LogP contribution is 2.34. The molecule has 4 rings (SSSR count). The fraction of sp³-hybridized carbons (Fsp3) is 0.238. The first-order valence-corrected chi connectivity index (χ1v) is 9.32.